The van der Waals surface area contributed by atoms with Gasteiger partial charge in [-0.1, -0.05) is 23.2 Å². The van der Waals surface area contributed by atoms with E-state index in [1.807, 2.05) is 0 Å². The summed E-state index contributed by atoms with van der Waals surface area (Å²) >= 11 is 14.7. The van der Waals surface area contributed by atoms with E-state index in [0.29, 0.717) is 5.69 Å². The Morgan fingerprint density at radius 3 is 2.24 bits per heavy atom. The summed E-state index contributed by atoms with van der Waals surface area (Å²) in [6.07, 6.45) is 0. The Kier molecular flexibility index (Phi) is 4.67. The van der Waals surface area contributed by atoms with Crippen LogP contribution in [0.4, 0.5) is 15.8 Å². The van der Waals surface area contributed by atoms with Crippen LogP contribution < -0.4 is 10.5 Å². The van der Waals surface area contributed by atoms with Gasteiger partial charge >= 0.3 is 0 Å². The first-order chi connectivity index (χ1) is 9.70. The fourth-order valence-corrected chi connectivity index (χ4v) is 4.43. The zero-order valence-electron chi connectivity index (χ0n) is 10.2. The van der Waals surface area contributed by atoms with E-state index in [2.05, 4.69) is 20.7 Å². The van der Waals surface area contributed by atoms with Crippen LogP contribution in [0.25, 0.3) is 0 Å². The van der Waals surface area contributed by atoms with Crippen molar-refractivity contribution in [2.75, 3.05) is 10.5 Å². The fraction of sp³-hybridized carbons (Fsp3) is 0. The lowest BCUT2D eigenvalue weighted by atomic mass is 10.3. The lowest BCUT2D eigenvalue weighted by Gasteiger charge is -2.12. The molecule has 112 valence electrons. The molecule has 3 N–H and O–H groups in total. The van der Waals surface area contributed by atoms with Crippen molar-refractivity contribution in [1.29, 1.82) is 0 Å². The SMILES string of the molecule is Nc1ccc(S(=O)(=O)Nc2c(Cl)cc(F)cc2Cl)c(Br)c1. The molecule has 2 aromatic carbocycles. The molecule has 0 radical (unpaired) electrons. The third kappa shape index (κ3) is 3.60. The molecule has 2 rings (SSSR count). The van der Waals surface area contributed by atoms with Crippen molar-refractivity contribution in [1.82, 2.24) is 0 Å². The molecule has 2 aromatic rings. The summed E-state index contributed by atoms with van der Waals surface area (Å²) in [6.45, 7) is 0. The molecule has 0 bridgehead atoms. The van der Waals surface area contributed by atoms with Crippen LogP contribution >= 0.6 is 39.1 Å². The minimum absolute atomic E-state index is 0.0480. The molecule has 0 aliphatic carbocycles. The maximum Gasteiger partial charge on any atom is 0.263 e. The van der Waals surface area contributed by atoms with Gasteiger partial charge < -0.3 is 5.73 Å². The summed E-state index contributed by atoms with van der Waals surface area (Å²) in [4.78, 5) is -0.0480. The second kappa shape index (κ2) is 6.00. The molecule has 9 heteroatoms. The molecular weight excluding hydrogens is 406 g/mol. The van der Waals surface area contributed by atoms with E-state index < -0.39 is 15.8 Å². The third-order valence-electron chi connectivity index (χ3n) is 2.49. The van der Waals surface area contributed by atoms with Crippen molar-refractivity contribution in [3.8, 4) is 0 Å². The zero-order chi connectivity index (χ0) is 15.8. The molecule has 0 spiro atoms. The Morgan fingerprint density at radius 2 is 1.71 bits per heavy atom. The Labute approximate surface area is 139 Å². The van der Waals surface area contributed by atoms with Gasteiger partial charge in [0.2, 0.25) is 0 Å². The average molecular weight is 414 g/mol. The van der Waals surface area contributed by atoms with Gasteiger partial charge in [0.15, 0.2) is 0 Å². The zero-order valence-corrected chi connectivity index (χ0v) is 14.1. The van der Waals surface area contributed by atoms with Crippen molar-refractivity contribution in [2.24, 2.45) is 0 Å². The summed E-state index contributed by atoms with van der Waals surface area (Å²) in [7, 11) is -3.96. The third-order valence-corrected chi connectivity index (χ3v) is 5.41. The molecule has 0 unspecified atom stereocenters. The van der Waals surface area contributed by atoms with Crippen LogP contribution in [-0.4, -0.2) is 8.42 Å². The van der Waals surface area contributed by atoms with E-state index in [1.54, 1.807) is 0 Å². The molecule has 0 amide bonds. The standard InChI is InChI=1S/C12H8BrCl2FN2O2S/c13-8-5-7(17)1-2-11(8)21(19,20)18-12-9(14)3-6(16)4-10(12)15/h1-5,18H,17H2. The molecule has 0 saturated carbocycles. The van der Waals surface area contributed by atoms with E-state index in [1.165, 1.54) is 18.2 Å². The van der Waals surface area contributed by atoms with E-state index in [4.69, 9.17) is 28.9 Å². The van der Waals surface area contributed by atoms with Gasteiger partial charge in [0, 0.05) is 10.2 Å². The Morgan fingerprint density at radius 1 is 1.14 bits per heavy atom. The minimum Gasteiger partial charge on any atom is -0.399 e. The van der Waals surface area contributed by atoms with Crippen molar-refractivity contribution in [3.63, 3.8) is 0 Å². The molecule has 0 aromatic heterocycles. The van der Waals surface area contributed by atoms with Crippen LogP contribution in [0.3, 0.4) is 0 Å². The summed E-state index contributed by atoms with van der Waals surface area (Å²) in [5.74, 6) is -0.665. The lowest BCUT2D eigenvalue weighted by Crippen LogP contribution is -2.14. The number of nitrogens with two attached hydrogens (primary N) is 1. The van der Waals surface area contributed by atoms with Gasteiger partial charge in [0.25, 0.3) is 10.0 Å². The van der Waals surface area contributed by atoms with Gasteiger partial charge in [-0.25, -0.2) is 12.8 Å². The molecular formula is C12H8BrCl2FN2O2S. The first-order valence-electron chi connectivity index (χ1n) is 5.43. The second-order valence-electron chi connectivity index (χ2n) is 4.04. The quantitative estimate of drug-likeness (QED) is 0.737. The van der Waals surface area contributed by atoms with E-state index in [9.17, 15) is 12.8 Å². The monoisotopic (exact) mass is 412 g/mol. The lowest BCUT2D eigenvalue weighted by molar-refractivity contribution is 0.600. The summed E-state index contributed by atoms with van der Waals surface area (Å²) < 4.78 is 40.3. The van der Waals surface area contributed by atoms with Gasteiger partial charge in [-0.15, -0.1) is 0 Å². The van der Waals surface area contributed by atoms with Crippen LogP contribution in [0, 0.1) is 5.82 Å². The number of nitrogen functional groups attached to an aromatic ring is 1. The molecule has 0 fully saturated rings. The van der Waals surface area contributed by atoms with Gasteiger partial charge in [-0.3, -0.25) is 4.72 Å². The first kappa shape index (κ1) is 16.4. The summed E-state index contributed by atoms with van der Waals surface area (Å²) in [5, 5.41) is -0.287. The number of benzene rings is 2. The number of anilines is 2. The van der Waals surface area contributed by atoms with Crippen molar-refractivity contribution in [2.45, 2.75) is 4.90 Å². The van der Waals surface area contributed by atoms with Crippen molar-refractivity contribution < 1.29 is 12.8 Å². The normalized spacial score (nSPS) is 11.4. The number of hydrogen-bond acceptors (Lipinski definition) is 3. The molecule has 0 aliphatic rings. The Hall–Kier alpha value is -1.02. The summed E-state index contributed by atoms with van der Waals surface area (Å²) in [5.41, 5.74) is 5.87. The van der Waals surface area contributed by atoms with Gasteiger partial charge in [0.1, 0.15) is 10.7 Å². The van der Waals surface area contributed by atoms with Gasteiger partial charge in [-0.2, -0.15) is 0 Å². The number of halogens is 4. The molecule has 21 heavy (non-hydrogen) atoms. The maximum absolute atomic E-state index is 13.1. The molecule has 0 aliphatic heterocycles. The maximum atomic E-state index is 13.1. The number of hydrogen-bond donors (Lipinski definition) is 2. The highest BCUT2D eigenvalue weighted by Crippen LogP contribution is 2.34. The summed E-state index contributed by atoms with van der Waals surface area (Å²) in [6, 6.07) is 6.13. The van der Waals surface area contributed by atoms with Gasteiger partial charge in [0.05, 0.1) is 15.7 Å². The van der Waals surface area contributed by atoms with Crippen LogP contribution in [0.1, 0.15) is 0 Å². The highest BCUT2D eigenvalue weighted by Gasteiger charge is 2.21. The number of rotatable bonds is 3. The smallest absolute Gasteiger partial charge is 0.263 e. The topological polar surface area (TPSA) is 72.2 Å². The van der Waals surface area contributed by atoms with E-state index >= 15 is 0 Å². The minimum atomic E-state index is -3.96. The predicted molar refractivity (Wildman–Crippen MR) is 85.8 cm³/mol. The Bertz CT molecular complexity index is 792. The number of nitrogens with one attached hydrogen (secondary N) is 1. The van der Waals surface area contributed by atoms with Crippen LogP contribution in [0.2, 0.25) is 10.0 Å². The number of sulfonamides is 1. The molecule has 0 atom stereocenters. The van der Waals surface area contributed by atoms with E-state index in [0.717, 1.165) is 12.1 Å². The van der Waals surface area contributed by atoms with Crippen LogP contribution in [0.15, 0.2) is 39.7 Å². The molecule has 4 nitrogen and oxygen atoms in total. The second-order valence-corrected chi connectivity index (χ2v) is 7.36. The molecule has 0 heterocycles. The average Bonchev–Trinajstić information content (AvgIpc) is 2.33. The largest absolute Gasteiger partial charge is 0.399 e. The fourth-order valence-electron chi connectivity index (χ4n) is 1.56. The highest BCUT2D eigenvalue weighted by atomic mass is 79.9. The highest BCUT2D eigenvalue weighted by molar-refractivity contribution is 9.10. The Balaban J connectivity index is 2.47. The first-order valence-corrected chi connectivity index (χ1v) is 8.46. The van der Waals surface area contributed by atoms with Gasteiger partial charge in [-0.05, 0) is 46.3 Å². The van der Waals surface area contributed by atoms with Crippen molar-refractivity contribution in [3.05, 3.63) is 50.7 Å². The van der Waals surface area contributed by atoms with E-state index in [-0.39, 0.29) is 25.1 Å². The van der Waals surface area contributed by atoms with Crippen LogP contribution in [0.5, 0.6) is 0 Å². The predicted octanol–water partition coefficient (Wildman–Crippen LogP) is 4.28. The van der Waals surface area contributed by atoms with Crippen molar-refractivity contribution >= 4 is 60.5 Å². The van der Waals surface area contributed by atoms with Crippen LogP contribution in [-0.2, 0) is 10.0 Å². The molecule has 0 saturated heterocycles.